The number of hydrogen-bond acceptors (Lipinski definition) is 4. The molecule has 4 aromatic rings. The summed E-state index contributed by atoms with van der Waals surface area (Å²) in [5.74, 6) is 1.07. The number of pyridine rings is 1. The fraction of sp³-hybridized carbons (Fsp3) is 0.227. The summed E-state index contributed by atoms with van der Waals surface area (Å²) in [4.78, 5) is 23.6. The SMILES string of the molecule is O=C(NCc1cccc(F)c1)N1CC[C@H](n2c(-c3ccco3)nc3cccnc32)C1. The number of benzene rings is 1. The molecule has 0 bridgehead atoms. The lowest BCUT2D eigenvalue weighted by molar-refractivity contribution is 0.206. The number of carbonyl (C=O) groups is 1. The highest BCUT2D eigenvalue weighted by Gasteiger charge is 2.31. The van der Waals surface area contributed by atoms with Crippen molar-refractivity contribution >= 4 is 17.2 Å². The quantitative estimate of drug-likeness (QED) is 0.557. The van der Waals surface area contributed by atoms with Crippen LogP contribution < -0.4 is 5.32 Å². The van der Waals surface area contributed by atoms with Gasteiger partial charge in [0, 0.05) is 25.8 Å². The van der Waals surface area contributed by atoms with Gasteiger partial charge in [0.15, 0.2) is 17.2 Å². The van der Waals surface area contributed by atoms with Gasteiger partial charge in [-0.3, -0.25) is 0 Å². The molecule has 0 unspecified atom stereocenters. The third-order valence-corrected chi connectivity index (χ3v) is 5.34. The highest BCUT2D eigenvalue weighted by atomic mass is 19.1. The van der Waals surface area contributed by atoms with E-state index in [9.17, 15) is 9.18 Å². The summed E-state index contributed by atoms with van der Waals surface area (Å²) in [5.41, 5.74) is 2.29. The third-order valence-electron chi connectivity index (χ3n) is 5.34. The molecule has 4 heterocycles. The maximum Gasteiger partial charge on any atom is 0.317 e. The van der Waals surface area contributed by atoms with Crippen molar-refractivity contribution in [1.29, 1.82) is 0 Å². The van der Waals surface area contributed by atoms with Crippen LogP contribution in [0.5, 0.6) is 0 Å². The van der Waals surface area contributed by atoms with Crippen LogP contribution in [0.3, 0.4) is 0 Å². The highest BCUT2D eigenvalue weighted by Crippen LogP contribution is 2.32. The number of amides is 2. The molecule has 8 heteroatoms. The van der Waals surface area contributed by atoms with Crippen LogP contribution >= 0.6 is 0 Å². The van der Waals surface area contributed by atoms with Crippen LogP contribution in [-0.4, -0.2) is 38.6 Å². The Hall–Kier alpha value is -3.68. The van der Waals surface area contributed by atoms with Crippen molar-refractivity contribution in [3.8, 4) is 11.6 Å². The van der Waals surface area contributed by atoms with Crippen LogP contribution in [0, 0.1) is 5.82 Å². The van der Waals surface area contributed by atoms with Gasteiger partial charge in [-0.25, -0.2) is 19.2 Å². The lowest BCUT2D eigenvalue weighted by Gasteiger charge is -2.19. The van der Waals surface area contributed by atoms with Crippen molar-refractivity contribution in [3.63, 3.8) is 0 Å². The Kier molecular flexibility index (Phi) is 4.66. The molecule has 0 aliphatic carbocycles. The molecule has 1 atom stereocenters. The number of fused-ring (bicyclic) bond motifs is 1. The first-order valence-electron chi connectivity index (χ1n) is 9.83. The Labute approximate surface area is 172 Å². The van der Waals surface area contributed by atoms with Gasteiger partial charge in [0.1, 0.15) is 11.3 Å². The minimum absolute atomic E-state index is 0.0323. The number of carbonyl (C=O) groups excluding carboxylic acids is 1. The van der Waals surface area contributed by atoms with Gasteiger partial charge in [0.25, 0.3) is 0 Å². The molecule has 30 heavy (non-hydrogen) atoms. The van der Waals surface area contributed by atoms with Crippen LogP contribution in [0.2, 0.25) is 0 Å². The summed E-state index contributed by atoms with van der Waals surface area (Å²) in [6.07, 6.45) is 4.14. The van der Waals surface area contributed by atoms with Crippen molar-refractivity contribution in [2.45, 2.75) is 19.0 Å². The lowest BCUT2D eigenvalue weighted by Crippen LogP contribution is -2.38. The Morgan fingerprint density at radius 3 is 3.00 bits per heavy atom. The minimum Gasteiger partial charge on any atom is -0.461 e. The van der Waals surface area contributed by atoms with Crippen molar-refractivity contribution in [3.05, 3.63) is 72.4 Å². The Balaban J connectivity index is 1.35. The van der Waals surface area contributed by atoms with Gasteiger partial charge in [-0.15, -0.1) is 0 Å². The Morgan fingerprint density at radius 2 is 2.17 bits per heavy atom. The first kappa shape index (κ1) is 18.4. The van der Waals surface area contributed by atoms with E-state index in [0.29, 0.717) is 24.7 Å². The predicted molar refractivity (Wildman–Crippen MR) is 109 cm³/mol. The molecule has 3 aromatic heterocycles. The smallest absolute Gasteiger partial charge is 0.317 e. The topological polar surface area (TPSA) is 76.2 Å². The fourth-order valence-electron chi connectivity index (χ4n) is 3.93. The van der Waals surface area contributed by atoms with E-state index in [-0.39, 0.29) is 24.4 Å². The van der Waals surface area contributed by atoms with E-state index in [4.69, 9.17) is 9.40 Å². The lowest BCUT2D eigenvalue weighted by atomic mass is 10.2. The number of likely N-dealkylation sites (tertiary alicyclic amines) is 1. The summed E-state index contributed by atoms with van der Waals surface area (Å²) < 4.78 is 21.0. The van der Waals surface area contributed by atoms with Crippen molar-refractivity contribution in [2.24, 2.45) is 0 Å². The summed E-state index contributed by atoms with van der Waals surface area (Å²) in [6.45, 7) is 1.43. The molecular formula is C22H20FN5O2. The summed E-state index contributed by atoms with van der Waals surface area (Å²) in [5, 5.41) is 2.87. The van der Waals surface area contributed by atoms with E-state index in [1.165, 1.54) is 12.1 Å². The number of hydrogen-bond donors (Lipinski definition) is 1. The molecule has 1 aliphatic rings. The molecule has 1 aromatic carbocycles. The molecule has 1 aliphatic heterocycles. The molecule has 0 radical (unpaired) electrons. The first-order chi connectivity index (χ1) is 14.7. The van der Waals surface area contributed by atoms with E-state index in [0.717, 1.165) is 23.1 Å². The zero-order chi connectivity index (χ0) is 20.5. The van der Waals surface area contributed by atoms with E-state index in [2.05, 4.69) is 14.9 Å². The molecule has 1 N–H and O–H groups in total. The first-order valence-corrected chi connectivity index (χ1v) is 9.83. The average Bonchev–Trinajstić information content (AvgIpc) is 3.50. The van der Waals surface area contributed by atoms with Crippen LogP contribution in [0.25, 0.3) is 22.7 Å². The van der Waals surface area contributed by atoms with Crippen molar-refractivity contribution in [2.75, 3.05) is 13.1 Å². The van der Waals surface area contributed by atoms with E-state index < -0.39 is 0 Å². The zero-order valence-electron chi connectivity index (χ0n) is 16.2. The van der Waals surface area contributed by atoms with Gasteiger partial charge in [-0.1, -0.05) is 12.1 Å². The van der Waals surface area contributed by atoms with Gasteiger partial charge >= 0.3 is 6.03 Å². The summed E-state index contributed by atoms with van der Waals surface area (Å²) in [7, 11) is 0. The largest absolute Gasteiger partial charge is 0.461 e. The second-order valence-corrected chi connectivity index (χ2v) is 7.31. The molecule has 7 nitrogen and oxygen atoms in total. The predicted octanol–water partition coefficient (Wildman–Crippen LogP) is 3.99. The highest BCUT2D eigenvalue weighted by molar-refractivity contribution is 5.77. The molecule has 0 saturated carbocycles. The van der Waals surface area contributed by atoms with Gasteiger partial charge < -0.3 is 19.2 Å². The maximum absolute atomic E-state index is 13.3. The molecule has 2 amide bonds. The van der Waals surface area contributed by atoms with Gasteiger partial charge in [0.2, 0.25) is 0 Å². The van der Waals surface area contributed by atoms with Crippen molar-refractivity contribution in [1.82, 2.24) is 24.8 Å². The number of halogens is 1. The van der Waals surface area contributed by atoms with E-state index >= 15 is 0 Å². The van der Waals surface area contributed by atoms with Crippen LogP contribution in [-0.2, 0) is 6.54 Å². The molecule has 152 valence electrons. The average molecular weight is 405 g/mol. The fourth-order valence-corrected chi connectivity index (χ4v) is 3.93. The van der Waals surface area contributed by atoms with Gasteiger partial charge in [0.05, 0.1) is 12.3 Å². The number of nitrogens with one attached hydrogen (secondary N) is 1. The summed E-state index contributed by atoms with van der Waals surface area (Å²) >= 11 is 0. The number of aromatic nitrogens is 3. The third kappa shape index (κ3) is 3.41. The number of imidazole rings is 1. The number of urea groups is 1. The number of rotatable bonds is 4. The standard InChI is InChI=1S/C22H20FN5O2/c23-16-5-1-4-15(12-16)13-25-22(29)27-10-8-17(14-27)28-20-18(6-2-9-24-20)26-21(28)19-7-3-11-30-19/h1-7,9,11-12,17H,8,10,13-14H2,(H,25,29)/t17-/m0/s1. The number of furan rings is 1. The molecule has 1 saturated heterocycles. The Bertz CT molecular complexity index is 1190. The van der Waals surface area contributed by atoms with E-state index in [1.54, 1.807) is 29.5 Å². The molecule has 0 spiro atoms. The van der Waals surface area contributed by atoms with Gasteiger partial charge in [-0.2, -0.15) is 0 Å². The summed E-state index contributed by atoms with van der Waals surface area (Å²) in [6, 6.07) is 13.6. The van der Waals surface area contributed by atoms with Crippen molar-refractivity contribution < 1.29 is 13.6 Å². The molecule has 1 fully saturated rings. The van der Waals surface area contributed by atoms with Crippen LogP contribution in [0.1, 0.15) is 18.0 Å². The van der Waals surface area contributed by atoms with Gasteiger partial charge in [-0.05, 0) is 48.4 Å². The molecule has 5 rings (SSSR count). The molecular weight excluding hydrogens is 385 g/mol. The van der Waals surface area contributed by atoms with Crippen LogP contribution in [0.4, 0.5) is 9.18 Å². The zero-order valence-corrected chi connectivity index (χ0v) is 16.2. The minimum atomic E-state index is -0.312. The maximum atomic E-state index is 13.3. The second kappa shape index (κ2) is 7.62. The Morgan fingerprint density at radius 1 is 1.23 bits per heavy atom. The normalized spacial score (nSPS) is 16.3. The van der Waals surface area contributed by atoms with Crippen LogP contribution in [0.15, 0.2) is 65.4 Å². The monoisotopic (exact) mass is 405 g/mol. The second-order valence-electron chi connectivity index (χ2n) is 7.31. The number of nitrogens with zero attached hydrogens (tertiary/aromatic N) is 4. The van der Waals surface area contributed by atoms with E-state index in [1.807, 2.05) is 24.3 Å².